The van der Waals surface area contributed by atoms with Crippen LogP contribution in [-0.4, -0.2) is 51.7 Å². The molecule has 2 N–H and O–H groups in total. The first-order chi connectivity index (χ1) is 8.45. The molecule has 0 aliphatic carbocycles. The molecular weight excluding hydrogens is 236 g/mol. The summed E-state index contributed by atoms with van der Waals surface area (Å²) in [6.07, 6.45) is 0. The van der Waals surface area contributed by atoms with Gasteiger partial charge in [-0.05, 0) is 11.4 Å². The van der Waals surface area contributed by atoms with Gasteiger partial charge in [0.05, 0.1) is 0 Å². The van der Waals surface area contributed by atoms with Crippen LogP contribution >= 0.6 is 11.3 Å². The maximum absolute atomic E-state index is 4.15. The first-order valence-corrected chi connectivity index (χ1v) is 6.54. The molecule has 3 heterocycles. The van der Waals surface area contributed by atoms with E-state index in [0.717, 1.165) is 32.0 Å². The minimum atomic E-state index is 0.135. The number of aromatic nitrogens is 4. The molecule has 0 spiro atoms. The Kier molecular flexibility index (Phi) is 3.12. The number of nitrogens with zero attached hydrogens (tertiary/aromatic N) is 4. The highest BCUT2D eigenvalue weighted by molar-refractivity contribution is 7.10. The topological polar surface area (TPSA) is 69.7 Å². The van der Waals surface area contributed by atoms with Crippen molar-refractivity contribution in [3.05, 3.63) is 28.2 Å². The number of piperazine rings is 1. The highest BCUT2D eigenvalue weighted by Crippen LogP contribution is 2.29. The van der Waals surface area contributed by atoms with Crippen LogP contribution in [0.3, 0.4) is 0 Å². The van der Waals surface area contributed by atoms with Crippen molar-refractivity contribution in [1.29, 1.82) is 0 Å². The van der Waals surface area contributed by atoms with Crippen LogP contribution in [0.2, 0.25) is 0 Å². The average molecular weight is 250 g/mol. The molecule has 0 amide bonds. The highest BCUT2D eigenvalue weighted by Gasteiger charge is 2.27. The highest BCUT2D eigenvalue weighted by atomic mass is 32.1. The summed E-state index contributed by atoms with van der Waals surface area (Å²) < 4.78 is 0. The van der Waals surface area contributed by atoms with Crippen molar-refractivity contribution in [2.75, 3.05) is 26.2 Å². The number of H-pyrrole nitrogens is 1. The van der Waals surface area contributed by atoms with E-state index >= 15 is 0 Å². The minimum Gasteiger partial charge on any atom is -0.314 e. The summed E-state index contributed by atoms with van der Waals surface area (Å²) in [5.74, 6) is 0.759. The van der Waals surface area contributed by atoms with Crippen molar-refractivity contribution in [1.82, 2.24) is 30.8 Å². The molecule has 0 bridgehead atoms. The zero-order valence-corrected chi connectivity index (χ0v) is 10.2. The average Bonchev–Trinajstić information content (AvgIpc) is 3.04. The SMILES string of the molecule is c1csc(C(c2nn[nH]n2)N2CCNCC2)c1. The maximum atomic E-state index is 4.15. The van der Waals surface area contributed by atoms with Gasteiger partial charge in [-0.25, -0.2) is 0 Å². The second-order valence-corrected chi connectivity index (χ2v) is 4.95. The number of rotatable bonds is 3. The Hall–Kier alpha value is -1.31. The first-order valence-electron chi connectivity index (χ1n) is 5.66. The van der Waals surface area contributed by atoms with E-state index in [0.29, 0.717) is 0 Å². The predicted molar refractivity (Wildman–Crippen MR) is 64.8 cm³/mol. The van der Waals surface area contributed by atoms with E-state index < -0.39 is 0 Å². The third kappa shape index (κ3) is 2.21. The van der Waals surface area contributed by atoms with Gasteiger partial charge in [-0.3, -0.25) is 4.90 Å². The van der Waals surface area contributed by atoms with E-state index in [9.17, 15) is 0 Å². The van der Waals surface area contributed by atoms with Gasteiger partial charge in [-0.1, -0.05) is 11.3 Å². The van der Waals surface area contributed by atoms with E-state index in [1.807, 2.05) is 0 Å². The van der Waals surface area contributed by atoms with E-state index in [1.165, 1.54) is 4.88 Å². The van der Waals surface area contributed by atoms with Gasteiger partial charge in [0, 0.05) is 31.1 Å². The molecule has 0 radical (unpaired) electrons. The number of tetrazole rings is 1. The largest absolute Gasteiger partial charge is 0.314 e. The maximum Gasteiger partial charge on any atom is 0.196 e. The van der Waals surface area contributed by atoms with Crippen molar-refractivity contribution >= 4 is 11.3 Å². The number of hydrogen-bond donors (Lipinski definition) is 2. The fourth-order valence-corrected chi connectivity index (χ4v) is 3.00. The molecule has 2 aromatic heterocycles. The van der Waals surface area contributed by atoms with E-state index in [2.05, 4.69) is 48.4 Å². The first kappa shape index (κ1) is 10.8. The third-order valence-corrected chi connectivity index (χ3v) is 3.86. The molecule has 1 atom stereocenters. The molecule has 1 aliphatic rings. The summed E-state index contributed by atoms with van der Waals surface area (Å²) >= 11 is 1.74. The van der Waals surface area contributed by atoms with Crippen LogP contribution in [0.1, 0.15) is 16.7 Å². The van der Waals surface area contributed by atoms with Gasteiger partial charge < -0.3 is 5.32 Å². The zero-order valence-electron chi connectivity index (χ0n) is 9.33. The molecule has 7 heteroatoms. The van der Waals surface area contributed by atoms with Crippen LogP contribution < -0.4 is 5.32 Å². The van der Waals surface area contributed by atoms with Crippen LogP contribution in [0, 0.1) is 0 Å². The van der Waals surface area contributed by atoms with Crippen LogP contribution in [0.25, 0.3) is 0 Å². The zero-order chi connectivity index (χ0) is 11.5. The normalized spacial score (nSPS) is 19.3. The number of aromatic amines is 1. The molecule has 2 aromatic rings. The second-order valence-electron chi connectivity index (χ2n) is 3.97. The summed E-state index contributed by atoms with van der Waals surface area (Å²) in [6, 6.07) is 4.33. The summed E-state index contributed by atoms with van der Waals surface area (Å²) in [7, 11) is 0. The molecule has 90 valence electrons. The molecule has 3 rings (SSSR count). The summed E-state index contributed by atoms with van der Waals surface area (Å²) in [5.41, 5.74) is 0. The number of hydrogen-bond acceptors (Lipinski definition) is 6. The van der Waals surface area contributed by atoms with Gasteiger partial charge in [0.2, 0.25) is 0 Å². The Balaban J connectivity index is 1.91. The van der Waals surface area contributed by atoms with Gasteiger partial charge in [-0.15, -0.1) is 21.5 Å². The van der Waals surface area contributed by atoms with E-state index in [-0.39, 0.29) is 6.04 Å². The second kappa shape index (κ2) is 4.91. The van der Waals surface area contributed by atoms with E-state index in [4.69, 9.17) is 0 Å². The Morgan fingerprint density at radius 1 is 1.35 bits per heavy atom. The smallest absolute Gasteiger partial charge is 0.196 e. The Morgan fingerprint density at radius 3 is 2.88 bits per heavy atom. The Labute approximate surface area is 103 Å². The third-order valence-electron chi connectivity index (χ3n) is 2.94. The van der Waals surface area contributed by atoms with Crippen molar-refractivity contribution in [2.45, 2.75) is 6.04 Å². The van der Waals surface area contributed by atoms with Crippen LogP contribution in [0.4, 0.5) is 0 Å². The molecule has 1 saturated heterocycles. The van der Waals surface area contributed by atoms with Gasteiger partial charge in [0.25, 0.3) is 0 Å². The van der Waals surface area contributed by atoms with Crippen molar-refractivity contribution in [3.63, 3.8) is 0 Å². The van der Waals surface area contributed by atoms with Gasteiger partial charge in [-0.2, -0.15) is 5.21 Å². The minimum absolute atomic E-state index is 0.135. The molecule has 6 nitrogen and oxygen atoms in total. The van der Waals surface area contributed by atoms with Crippen molar-refractivity contribution in [2.24, 2.45) is 0 Å². The lowest BCUT2D eigenvalue weighted by Gasteiger charge is -2.32. The summed E-state index contributed by atoms with van der Waals surface area (Å²) in [6.45, 7) is 4.05. The summed E-state index contributed by atoms with van der Waals surface area (Å²) in [4.78, 5) is 3.67. The monoisotopic (exact) mass is 250 g/mol. The van der Waals surface area contributed by atoms with Crippen molar-refractivity contribution in [3.8, 4) is 0 Å². The molecule has 0 aromatic carbocycles. The van der Waals surface area contributed by atoms with Crippen LogP contribution in [0.15, 0.2) is 17.5 Å². The van der Waals surface area contributed by atoms with Crippen LogP contribution in [0.5, 0.6) is 0 Å². The lowest BCUT2D eigenvalue weighted by Crippen LogP contribution is -2.45. The molecule has 1 unspecified atom stereocenters. The number of nitrogens with one attached hydrogen (secondary N) is 2. The lowest BCUT2D eigenvalue weighted by atomic mass is 10.1. The molecule has 1 fully saturated rings. The van der Waals surface area contributed by atoms with Gasteiger partial charge >= 0.3 is 0 Å². The Bertz CT molecular complexity index is 399. The predicted octanol–water partition coefficient (Wildman–Crippen LogP) is 0.256. The molecule has 1 aliphatic heterocycles. The fourth-order valence-electron chi connectivity index (χ4n) is 2.14. The summed E-state index contributed by atoms with van der Waals surface area (Å²) in [5, 5.41) is 20.0. The molecule has 17 heavy (non-hydrogen) atoms. The molecular formula is C10H14N6S. The Morgan fingerprint density at radius 2 is 2.24 bits per heavy atom. The quantitative estimate of drug-likeness (QED) is 0.817. The fraction of sp³-hybridized carbons (Fsp3) is 0.500. The van der Waals surface area contributed by atoms with Crippen LogP contribution in [-0.2, 0) is 0 Å². The van der Waals surface area contributed by atoms with Gasteiger partial charge in [0.15, 0.2) is 5.82 Å². The molecule has 0 saturated carbocycles. The van der Waals surface area contributed by atoms with E-state index in [1.54, 1.807) is 11.3 Å². The standard InChI is InChI=1S/C10H14N6S/c1-2-8(17-7-1)9(10-12-14-15-13-10)16-5-3-11-4-6-16/h1-2,7,9,11H,3-6H2,(H,12,13,14,15). The lowest BCUT2D eigenvalue weighted by molar-refractivity contribution is 0.194. The van der Waals surface area contributed by atoms with Gasteiger partial charge in [0.1, 0.15) is 6.04 Å². The number of thiophene rings is 1. The van der Waals surface area contributed by atoms with Crippen molar-refractivity contribution < 1.29 is 0 Å².